The van der Waals surface area contributed by atoms with Crippen LogP contribution in [0.1, 0.15) is 36.0 Å². The van der Waals surface area contributed by atoms with Crippen LogP contribution >= 0.6 is 0 Å². The molecule has 0 unspecified atom stereocenters. The molecule has 0 saturated heterocycles. The zero-order valence-electron chi connectivity index (χ0n) is 16.4. The summed E-state index contributed by atoms with van der Waals surface area (Å²) >= 11 is 0. The number of benzene rings is 1. The van der Waals surface area contributed by atoms with Crippen LogP contribution in [0.3, 0.4) is 0 Å². The molecule has 8 heteroatoms. The minimum absolute atomic E-state index is 0.132. The van der Waals surface area contributed by atoms with Gasteiger partial charge in [0.1, 0.15) is 17.7 Å². The molecule has 29 heavy (non-hydrogen) atoms. The van der Waals surface area contributed by atoms with E-state index in [0.29, 0.717) is 11.7 Å². The first-order chi connectivity index (χ1) is 13.9. The Balaban J connectivity index is 1.57. The van der Waals surface area contributed by atoms with Crippen molar-refractivity contribution in [1.82, 2.24) is 15.5 Å². The van der Waals surface area contributed by atoms with Gasteiger partial charge in [-0.3, -0.25) is 4.79 Å². The van der Waals surface area contributed by atoms with Gasteiger partial charge in [0.15, 0.2) is 5.82 Å². The lowest BCUT2D eigenvalue weighted by atomic mass is 9.83. The van der Waals surface area contributed by atoms with Crippen molar-refractivity contribution >= 4 is 11.7 Å². The highest BCUT2D eigenvalue weighted by Crippen LogP contribution is 2.45. The Hall–Kier alpha value is -2.77. The van der Waals surface area contributed by atoms with Gasteiger partial charge in [0, 0.05) is 19.7 Å². The average molecular weight is 402 g/mol. The summed E-state index contributed by atoms with van der Waals surface area (Å²) in [4.78, 5) is 13.5. The number of carbonyl (C=O) groups excluding carboxylic acids is 1. The Labute approximate surface area is 167 Å². The fourth-order valence-electron chi connectivity index (χ4n) is 4.68. The van der Waals surface area contributed by atoms with Crippen molar-refractivity contribution in [3.63, 3.8) is 0 Å². The fourth-order valence-corrected chi connectivity index (χ4v) is 4.68. The van der Waals surface area contributed by atoms with Crippen LogP contribution in [0.25, 0.3) is 11.3 Å². The van der Waals surface area contributed by atoms with Gasteiger partial charge in [-0.2, -0.15) is 0 Å². The summed E-state index contributed by atoms with van der Waals surface area (Å²) < 4.78 is 29.1. The number of phenols is 1. The monoisotopic (exact) mass is 402 g/mol. The standard InChI is InChI=1S/C21H24F2N4O2/c1-24-21(29)13-10-18(28)14(9-15(13)22)16-5-6-19(26-25-16)27(2)17-8-11-3-4-12(7-11)20(17)23/h5-6,9-12,17,20,28H,3-4,7-8H2,1-2H3,(H,24,29)/t11-,12+,17+,20-/m1/s1. The quantitative estimate of drug-likeness (QED) is 0.820. The first-order valence-electron chi connectivity index (χ1n) is 9.84. The molecular weight excluding hydrogens is 378 g/mol. The van der Waals surface area contributed by atoms with E-state index in [4.69, 9.17) is 0 Å². The number of aromatic hydroxyl groups is 1. The molecule has 2 saturated carbocycles. The number of rotatable bonds is 4. The summed E-state index contributed by atoms with van der Waals surface area (Å²) in [5.74, 6) is -0.428. The maximum atomic E-state index is 14.9. The number of amides is 1. The fraction of sp³-hybridized carbons (Fsp3) is 0.476. The van der Waals surface area contributed by atoms with Gasteiger partial charge in [0.05, 0.1) is 17.3 Å². The maximum absolute atomic E-state index is 14.9. The van der Waals surface area contributed by atoms with Gasteiger partial charge >= 0.3 is 0 Å². The van der Waals surface area contributed by atoms with Gasteiger partial charge in [-0.25, -0.2) is 8.78 Å². The lowest BCUT2D eigenvalue weighted by Gasteiger charge is -2.38. The number of halogens is 2. The summed E-state index contributed by atoms with van der Waals surface area (Å²) in [6.07, 6.45) is 2.96. The van der Waals surface area contributed by atoms with Crippen molar-refractivity contribution in [3.05, 3.63) is 35.6 Å². The van der Waals surface area contributed by atoms with Crippen molar-refractivity contribution in [1.29, 1.82) is 0 Å². The van der Waals surface area contributed by atoms with Crippen LogP contribution in [0.15, 0.2) is 24.3 Å². The van der Waals surface area contributed by atoms with Crippen molar-refractivity contribution in [2.45, 2.75) is 37.9 Å². The number of anilines is 1. The van der Waals surface area contributed by atoms with Crippen LogP contribution in [0.4, 0.5) is 14.6 Å². The van der Waals surface area contributed by atoms with Crippen molar-refractivity contribution in [3.8, 4) is 17.0 Å². The Bertz CT molecular complexity index is 922. The van der Waals surface area contributed by atoms with E-state index in [9.17, 15) is 18.7 Å². The molecule has 1 aromatic carbocycles. The molecule has 2 fully saturated rings. The number of fused-ring (bicyclic) bond motifs is 2. The number of phenolic OH excluding ortho intramolecular Hbond substituents is 1. The number of nitrogens with zero attached hydrogens (tertiary/aromatic N) is 3. The first-order valence-corrected chi connectivity index (χ1v) is 9.84. The van der Waals surface area contributed by atoms with E-state index in [-0.39, 0.29) is 34.5 Å². The second-order valence-corrected chi connectivity index (χ2v) is 8.00. The van der Waals surface area contributed by atoms with E-state index in [0.717, 1.165) is 37.8 Å². The van der Waals surface area contributed by atoms with E-state index in [1.807, 2.05) is 11.9 Å². The normalized spacial score (nSPS) is 25.7. The second kappa shape index (κ2) is 7.57. The minimum atomic E-state index is -0.879. The number of alkyl halides is 1. The molecule has 2 aromatic rings. The zero-order valence-corrected chi connectivity index (χ0v) is 16.4. The highest BCUT2D eigenvalue weighted by molar-refractivity contribution is 5.95. The zero-order chi connectivity index (χ0) is 20.7. The lowest BCUT2D eigenvalue weighted by molar-refractivity contribution is 0.0958. The van der Waals surface area contributed by atoms with Crippen LogP contribution in [-0.4, -0.2) is 47.5 Å². The number of aromatic nitrogens is 2. The third-order valence-electron chi connectivity index (χ3n) is 6.32. The van der Waals surface area contributed by atoms with E-state index in [2.05, 4.69) is 15.5 Å². The molecule has 0 radical (unpaired) electrons. The largest absolute Gasteiger partial charge is 0.507 e. The molecule has 1 aromatic heterocycles. The topological polar surface area (TPSA) is 78.4 Å². The van der Waals surface area contributed by atoms with E-state index in [1.165, 1.54) is 7.05 Å². The third-order valence-corrected chi connectivity index (χ3v) is 6.32. The molecule has 0 spiro atoms. The van der Waals surface area contributed by atoms with Crippen molar-refractivity contribution in [2.24, 2.45) is 11.8 Å². The van der Waals surface area contributed by atoms with Crippen LogP contribution in [0.2, 0.25) is 0 Å². The molecule has 2 aliphatic rings. The number of carbonyl (C=O) groups is 1. The molecule has 6 nitrogen and oxygen atoms in total. The van der Waals surface area contributed by atoms with Gasteiger partial charge in [0.25, 0.3) is 5.91 Å². The third kappa shape index (κ3) is 3.52. The molecule has 1 heterocycles. The van der Waals surface area contributed by atoms with Gasteiger partial charge in [0.2, 0.25) is 0 Å². The Morgan fingerprint density at radius 1 is 1.24 bits per heavy atom. The average Bonchev–Trinajstić information content (AvgIpc) is 3.14. The first kappa shape index (κ1) is 19.5. The summed E-state index contributed by atoms with van der Waals surface area (Å²) in [6.45, 7) is 0. The highest BCUT2D eigenvalue weighted by Gasteiger charge is 2.44. The molecule has 0 aliphatic heterocycles. The molecule has 2 bridgehead atoms. The summed E-state index contributed by atoms with van der Waals surface area (Å²) in [6, 6.07) is 5.20. The molecule has 2 aliphatic carbocycles. The highest BCUT2D eigenvalue weighted by atomic mass is 19.1. The number of hydrogen-bond acceptors (Lipinski definition) is 5. The molecule has 4 atom stereocenters. The summed E-state index contributed by atoms with van der Waals surface area (Å²) in [7, 11) is 3.20. The van der Waals surface area contributed by atoms with Gasteiger partial charge in [-0.15, -0.1) is 10.2 Å². The van der Waals surface area contributed by atoms with Gasteiger partial charge < -0.3 is 15.3 Å². The summed E-state index contributed by atoms with van der Waals surface area (Å²) in [5.41, 5.74) is 0.150. The Morgan fingerprint density at radius 3 is 2.72 bits per heavy atom. The smallest absolute Gasteiger partial charge is 0.254 e. The van der Waals surface area contributed by atoms with E-state index >= 15 is 0 Å². The molecule has 1 amide bonds. The number of nitrogens with one attached hydrogen (secondary N) is 1. The minimum Gasteiger partial charge on any atom is -0.507 e. The Kier molecular flexibility index (Phi) is 5.10. The maximum Gasteiger partial charge on any atom is 0.254 e. The van der Waals surface area contributed by atoms with Crippen LogP contribution < -0.4 is 10.2 Å². The molecular formula is C21H24F2N4O2. The van der Waals surface area contributed by atoms with Crippen molar-refractivity contribution in [2.75, 3.05) is 19.0 Å². The SMILES string of the molecule is CNC(=O)c1cc(O)c(-c2ccc(N(C)[C@H]3C[C@@H]4CC[C@@H](C4)[C@H]3F)nn2)cc1F. The van der Waals surface area contributed by atoms with Crippen LogP contribution in [0, 0.1) is 17.7 Å². The number of hydrogen-bond donors (Lipinski definition) is 2. The van der Waals surface area contributed by atoms with Crippen LogP contribution in [-0.2, 0) is 0 Å². The van der Waals surface area contributed by atoms with Gasteiger partial charge in [-0.05, 0) is 61.8 Å². The molecule has 2 N–H and O–H groups in total. The van der Waals surface area contributed by atoms with E-state index in [1.54, 1.807) is 12.1 Å². The predicted octanol–water partition coefficient (Wildman–Crippen LogP) is 3.31. The molecule has 4 rings (SSSR count). The lowest BCUT2D eigenvalue weighted by Crippen LogP contribution is -2.46. The second-order valence-electron chi connectivity index (χ2n) is 8.00. The van der Waals surface area contributed by atoms with E-state index < -0.39 is 17.9 Å². The van der Waals surface area contributed by atoms with Crippen LogP contribution in [0.5, 0.6) is 5.75 Å². The van der Waals surface area contributed by atoms with Crippen molar-refractivity contribution < 1.29 is 18.7 Å². The molecule has 154 valence electrons. The van der Waals surface area contributed by atoms with Gasteiger partial charge in [-0.1, -0.05) is 0 Å². The summed E-state index contributed by atoms with van der Waals surface area (Å²) in [5, 5.41) is 20.8. The predicted molar refractivity (Wildman–Crippen MR) is 105 cm³/mol. The Morgan fingerprint density at radius 2 is 2.03 bits per heavy atom.